The van der Waals surface area contributed by atoms with Gasteiger partial charge in [-0.2, -0.15) is 5.10 Å². The van der Waals surface area contributed by atoms with Crippen LogP contribution in [0.25, 0.3) is 10.8 Å². The maximum Gasteiger partial charge on any atom is 0.256 e. The third-order valence-corrected chi connectivity index (χ3v) is 3.50. The van der Waals surface area contributed by atoms with E-state index in [-0.39, 0.29) is 5.91 Å². The Morgan fingerprint density at radius 2 is 1.85 bits per heavy atom. The molecule has 1 heterocycles. The molecule has 0 spiro atoms. The monoisotopic (exact) mass is 265 g/mol. The molecule has 2 aromatic carbocycles. The highest BCUT2D eigenvalue weighted by atomic mass is 16.1. The fourth-order valence-corrected chi connectivity index (χ4v) is 2.12. The quantitative estimate of drug-likeness (QED) is 0.745. The van der Waals surface area contributed by atoms with E-state index in [1.54, 1.807) is 0 Å². The molecular weight excluding hydrogens is 250 g/mol. The highest BCUT2D eigenvalue weighted by Crippen LogP contribution is 2.18. The van der Waals surface area contributed by atoms with Crippen LogP contribution in [-0.2, 0) is 0 Å². The van der Waals surface area contributed by atoms with Crippen molar-refractivity contribution in [2.45, 2.75) is 13.8 Å². The summed E-state index contributed by atoms with van der Waals surface area (Å²) in [5.74, 6) is 0.436. The summed E-state index contributed by atoms with van der Waals surface area (Å²) in [5.41, 5.74) is 2.54. The minimum atomic E-state index is -0.148. The van der Waals surface area contributed by atoms with E-state index in [4.69, 9.17) is 0 Å². The van der Waals surface area contributed by atoms with Gasteiger partial charge in [0, 0.05) is 16.8 Å². The summed E-state index contributed by atoms with van der Waals surface area (Å²) in [6.45, 7) is 3.85. The number of aromatic nitrogens is 2. The van der Waals surface area contributed by atoms with Gasteiger partial charge in [-0.15, -0.1) is 0 Å². The van der Waals surface area contributed by atoms with E-state index < -0.39 is 0 Å². The Kier molecular flexibility index (Phi) is 2.99. The van der Waals surface area contributed by atoms with Crippen molar-refractivity contribution in [1.82, 2.24) is 10.2 Å². The second-order valence-corrected chi connectivity index (χ2v) is 4.84. The second kappa shape index (κ2) is 4.81. The number of nitrogens with one attached hydrogen (secondary N) is 2. The van der Waals surface area contributed by atoms with Crippen LogP contribution in [0.4, 0.5) is 5.82 Å². The van der Waals surface area contributed by atoms with Crippen LogP contribution in [0.1, 0.15) is 21.6 Å². The number of rotatable bonds is 2. The molecule has 0 atom stereocenters. The number of fused-ring (bicyclic) bond motifs is 1. The number of hydrogen-bond donors (Lipinski definition) is 2. The predicted octanol–water partition coefficient (Wildman–Crippen LogP) is 3.43. The van der Waals surface area contributed by atoms with Crippen molar-refractivity contribution < 1.29 is 4.79 Å². The summed E-state index contributed by atoms with van der Waals surface area (Å²) in [6.07, 6.45) is 0. The Bertz CT molecular complexity index is 789. The Morgan fingerprint density at radius 3 is 2.55 bits per heavy atom. The predicted molar refractivity (Wildman–Crippen MR) is 80.0 cm³/mol. The van der Waals surface area contributed by atoms with Crippen LogP contribution in [-0.4, -0.2) is 16.1 Å². The first kappa shape index (κ1) is 12.4. The van der Waals surface area contributed by atoms with Crippen molar-refractivity contribution in [2.24, 2.45) is 0 Å². The van der Waals surface area contributed by atoms with Crippen LogP contribution in [0.15, 0.2) is 42.5 Å². The highest BCUT2D eigenvalue weighted by Gasteiger charge is 2.11. The molecule has 4 nitrogen and oxygen atoms in total. The third-order valence-electron chi connectivity index (χ3n) is 3.50. The van der Waals surface area contributed by atoms with Gasteiger partial charge in [-0.05, 0) is 36.8 Å². The lowest BCUT2D eigenvalue weighted by Gasteiger charge is -2.05. The van der Waals surface area contributed by atoms with Crippen LogP contribution in [0.2, 0.25) is 0 Å². The summed E-state index contributed by atoms with van der Waals surface area (Å²) in [5, 5.41) is 11.9. The molecule has 100 valence electrons. The fourth-order valence-electron chi connectivity index (χ4n) is 2.12. The number of anilines is 1. The van der Waals surface area contributed by atoms with Crippen LogP contribution in [0.3, 0.4) is 0 Å². The van der Waals surface area contributed by atoms with Crippen molar-refractivity contribution in [1.29, 1.82) is 0 Å². The van der Waals surface area contributed by atoms with Crippen LogP contribution in [0.5, 0.6) is 0 Å². The van der Waals surface area contributed by atoms with Gasteiger partial charge in [-0.25, -0.2) is 0 Å². The molecule has 0 saturated carbocycles. The Morgan fingerprint density at radius 1 is 1.10 bits per heavy atom. The zero-order chi connectivity index (χ0) is 14.1. The number of hydrogen-bond acceptors (Lipinski definition) is 2. The Hall–Kier alpha value is -2.62. The SMILES string of the molecule is Cc1[nH]nc(NC(=O)c2ccc3ccccc3c2)c1C. The first-order valence-corrected chi connectivity index (χ1v) is 6.47. The van der Waals surface area contributed by atoms with Gasteiger partial charge in [0.1, 0.15) is 0 Å². The van der Waals surface area contributed by atoms with Crippen LogP contribution >= 0.6 is 0 Å². The lowest BCUT2D eigenvalue weighted by Crippen LogP contribution is -2.12. The molecule has 0 unspecified atom stereocenters. The molecule has 0 aliphatic heterocycles. The van der Waals surface area contributed by atoms with E-state index in [9.17, 15) is 4.79 Å². The molecule has 0 fully saturated rings. The topological polar surface area (TPSA) is 57.8 Å². The second-order valence-electron chi connectivity index (χ2n) is 4.84. The normalized spacial score (nSPS) is 10.7. The van der Waals surface area contributed by atoms with E-state index >= 15 is 0 Å². The van der Waals surface area contributed by atoms with E-state index in [2.05, 4.69) is 15.5 Å². The molecule has 0 bridgehead atoms. The number of amides is 1. The number of carbonyl (C=O) groups is 1. The van der Waals surface area contributed by atoms with Crippen LogP contribution < -0.4 is 5.32 Å². The van der Waals surface area contributed by atoms with Gasteiger partial charge < -0.3 is 5.32 Å². The number of aromatic amines is 1. The molecule has 0 aliphatic rings. The van der Waals surface area contributed by atoms with E-state index in [0.29, 0.717) is 11.4 Å². The van der Waals surface area contributed by atoms with Gasteiger partial charge in [0.2, 0.25) is 0 Å². The first-order chi connectivity index (χ1) is 9.65. The molecule has 3 rings (SSSR count). The maximum absolute atomic E-state index is 12.3. The highest BCUT2D eigenvalue weighted by molar-refractivity contribution is 6.06. The average Bonchev–Trinajstić information content (AvgIpc) is 2.78. The summed E-state index contributed by atoms with van der Waals surface area (Å²) in [4.78, 5) is 12.3. The molecule has 0 radical (unpaired) electrons. The van der Waals surface area contributed by atoms with Gasteiger partial charge in [-0.1, -0.05) is 30.3 Å². The summed E-state index contributed by atoms with van der Waals surface area (Å²) < 4.78 is 0. The molecule has 2 N–H and O–H groups in total. The fraction of sp³-hybridized carbons (Fsp3) is 0.125. The number of nitrogens with zero attached hydrogens (tertiary/aromatic N) is 1. The third kappa shape index (κ3) is 2.16. The van der Waals surface area contributed by atoms with Crippen molar-refractivity contribution in [2.75, 3.05) is 5.32 Å². The molecule has 3 aromatic rings. The van der Waals surface area contributed by atoms with Gasteiger partial charge in [0.25, 0.3) is 5.91 Å². The number of benzene rings is 2. The van der Waals surface area contributed by atoms with Gasteiger partial charge in [0.15, 0.2) is 5.82 Å². The van der Waals surface area contributed by atoms with E-state index in [1.807, 2.05) is 56.3 Å². The summed E-state index contributed by atoms with van der Waals surface area (Å²) in [7, 11) is 0. The molecule has 1 aromatic heterocycles. The molecule has 20 heavy (non-hydrogen) atoms. The average molecular weight is 265 g/mol. The van der Waals surface area contributed by atoms with E-state index in [0.717, 1.165) is 22.0 Å². The minimum absolute atomic E-state index is 0.148. The largest absolute Gasteiger partial charge is 0.305 e. The van der Waals surface area contributed by atoms with E-state index in [1.165, 1.54) is 0 Å². The van der Waals surface area contributed by atoms with Crippen molar-refractivity contribution in [3.05, 3.63) is 59.3 Å². The standard InChI is InChI=1S/C16H15N3O/c1-10-11(2)18-19-15(10)17-16(20)14-8-7-12-5-3-4-6-13(12)9-14/h3-9H,1-2H3,(H2,17,18,19,20). The molecule has 0 aliphatic carbocycles. The van der Waals surface area contributed by atoms with Crippen molar-refractivity contribution in [3.8, 4) is 0 Å². The van der Waals surface area contributed by atoms with Gasteiger partial charge >= 0.3 is 0 Å². The molecule has 1 amide bonds. The van der Waals surface area contributed by atoms with Gasteiger partial charge in [-0.3, -0.25) is 9.89 Å². The zero-order valence-electron chi connectivity index (χ0n) is 11.4. The first-order valence-electron chi connectivity index (χ1n) is 6.47. The molecule has 4 heteroatoms. The lowest BCUT2D eigenvalue weighted by molar-refractivity contribution is 0.102. The minimum Gasteiger partial charge on any atom is -0.305 e. The van der Waals surface area contributed by atoms with Crippen molar-refractivity contribution in [3.63, 3.8) is 0 Å². The zero-order valence-corrected chi connectivity index (χ0v) is 11.4. The smallest absolute Gasteiger partial charge is 0.256 e. The molecular formula is C16H15N3O. The van der Waals surface area contributed by atoms with Gasteiger partial charge in [0.05, 0.1) is 0 Å². The molecule has 0 saturated heterocycles. The summed E-state index contributed by atoms with van der Waals surface area (Å²) in [6, 6.07) is 13.6. The number of carbonyl (C=O) groups excluding carboxylic acids is 1. The van der Waals surface area contributed by atoms with Crippen molar-refractivity contribution >= 4 is 22.5 Å². The van der Waals surface area contributed by atoms with Crippen LogP contribution in [0, 0.1) is 13.8 Å². The Balaban J connectivity index is 1.90. The number of H-pyrrole nitrogens is 1. The maximum atomic E-state index is 12.3. The Labute approximate surface area is 116 Å². The summed E-state index contributed by atoms with van der Waals surface area (Å²) >= 11 is 0. The lowest BCUT2D eigenvalue weighted by atomic mass is 10.1. The number of aryl methyl sites for hydroxylation is 1.